The number of ether oxygens (including phenoxy) is 1. The second-order valence-electron chi connectivity index (χ2n) is 3.52. The van der Waals surface area contributed by atoms with Gasteiger partial charge in [-0.25, -0.2) is 4.98 Å². The first-order valence-electron chi connectivity index (χ1n) is 4.75. The molecule has 0 spiro atoms. The van der Waals surface area contributed by atoms with Gasteiger partial charge in [0.15, 0.2) is 6.10 Å². The molecule has 6 heteroatoms. The van der Waals surface area contributed by atoms with E-state index in [4.69, 9.17) is 5.73 Å². The van der Waals surface area contributed by atoms with Gasteiger partial charge < -0.3 is 10.5 Å². The zero-order valence-corrected chi connectivity index (χ0v) is 8.95. The van der Waals surface area contributed by atoms with Crippen LogP contribution in [0.5, 0.6) is 5.88 Å². The molecule has 1 rings (SSSR count). The van der Waals surface area contributed by atoms with Gasteiger partial charge in [-0.15, -0.1) is 0 Å². The van der Waals surface area contributed by atoms with Crippen LogP contribution in [0.1, 0.15) is 25.5 Å². The van der Waals surface area contributed by atoms with Crippen molar-refractivity contribution < 1.29 is 17.9 Å². The van der Waals surface area contributed by atoms with Crippen LogP contribution < -0.4 is 10.5 Å². The minimum atomic E-state index is -4.39. The molecule has 0 saturated heterocycles. The van der Waals surface area contributed by atoms with E-state index in [1.807, 2.05) is 0 Å². The predicted molar refractivity (Wildman–Crippen MR) is 53.0 cm³/mol. The van der Waals surface area contributed by atoms with E-state index in [-0.39, 0.29) is 11.9 Å². The van der Waals surface area contributed by atoms with Crippen molar-refractivity contribution in [2.75, 3.05) is 0 Å². The molecule has 0 aliphatic carbocycles. The lowest BCUT2D eigenvalue weighted by atomic mass is 10.2. The third-order valence-corrected chi connectivity index (χ3v) is 2.04. The number of alkyl halides is 3. The lowest BCUT2D eigenvalue weighted by molar-refractivity contribution is -0.189. The number of nitrogens with zero attached hydrogens (tertiary/aromatic N) is 1. The van der Waals surface area contributed by atoms with Crippen molar-refractivity contribution in [1.29, 1.82) is 0 Å². The molecule has 0 fully saturated rings. The topological polar surface area (TPSA) is 48.1 Å². The van der Waals surface area contributed by atoms with Crippen molar-refractivity contribution in [3.8, 4) is 5.88 Å². The van der Waals surface area contributed by atoms with E-state index in [0.29, 0.717) is 0 Å². The van der Waals surface area contributed by atoms with Crippen LogP contribution in [0.3, 0.4) is 0 Å². The van der Waals surface area contributed by atoms with Gasteiger partial charge in [-0.3, -0.25) is 0 Å². The summed E-state index contributed by atoms with van der Waals surface area (Å²) in [6, 6.07) is 2.76. The minimum absolute atomic E-state index is 0.0609. The summed E-state index contributed by atoms with van der Waals surface area (Å²) in [6.45, 7) is 2.69. The summed E-state index contributed by atoms with van der Waals surface area (Å²) < 4.78 is 41.1. The third kappa shape index (κ3) is 3.37. The van der Waals surface area contributed by atoms with Gasteiger partial charge in [-0.2, -0.15) is 13.2 Å². The highest BCUT2D eigenvalue weighted by molar-refractivity contribution is 5.20. The molecule has 0 aliphatic heterocycles. The van der Waals surface area contributed by atoms with Crippen molar-refractivity contribution in [2.24, 2.45) is 5.73 Å². The van der Waals surface area contributed by atoms with Gasteiger partial charge in [-0.1, -0.05) is 6.07 Å². The Kier molecular flexibility index (Phi) is 3.74. The summed E-state index contributed by atoms with van der Waals surface area (Å²) in [5, 5.41) is 0. The molecule has 1 heterocycles. The molecule has 0 saturated carbocycles. The molecule has 0 aliphatic rings. The molecule has 90 valence electrons. The molecule has 2 unspecified atom stereocenters. The number of nitrogens with two attached hydrogens (primary N) is 1. The lowest BCUT2D eigenvalue weighted by Gasteiger charge is -2.17. The highest BCUT2D eigenvalue weighted by atomic mass is 19.4. The van der Waals surface area contributed by atoms with E-state index in [2.05, 4.69) is 9.72 Å². The zero-order chi connectivity index (χ0) is 12.3. The monoisotopic (exact) mass is 234 g/mol. The fourth-order valence-corrected chi connectivity index (χ4v) is 0.979. The van der Waals surface area contributed by atoms with Gasteiger partial charge in [0.25, 0.3) is 0 Å². The molecular weight excluding hydrogens is 221 g/mol. The van der Waals surface area contributed by atoms with E-state index in [1.54, 1.807) is 13.0 Å². The predicted octanol–water partition coefficient (Wildman–Crippen LogP) is 2.43. The first-order chi connectivity index (χ1) is 7.30. The summed E-state index contributed by atoms with van der Waals surface area (Å²) in [4.78, 5) is 3.75. The lowest BCUT2D eigenvalue weighted by Crippen LogP contribution is -2.31. The normalized spacial score (nSPS) is 15.6. The van der Waals surface area contributed by atoms with Gasteiger partial charge in [0.05, 0.1) is 0 Å². The Bertz CT molecular complexity index is 335. The van der Waals surface area contributed by atoms with Crippen LogP contribution in [0, 0.1) is 0 Å². The summed E-state index contributed by atoms with van der Waals surface area (Å²) in [5.74, 6) is -0.0609. The van der Waals surface area contributed by atoms with Crippen LogP contribution in [0.2, 0.25) is 0 Å². The standard InChI is InChI=1S/C10H13F3N2O/c1-6(14)8-3-4-9(15-5-8)16-7(2)10(11,12)13/h3-7H,14H2,1-2H3. The van der Waals surface area contributed by atoms with Crippen LogP contribution in [0.15, 0.2) is 18.3 Å². The number of hydrogen-bond donors (Lipinski definition) is 1. The molecule has 1 aromatic heterocycles. The van der Waals surface area contributed by atoms with Crippen molar-refractivity contribution in [3.63, 3.8) is 0 Å². The molecule has 0 amide bonds. The van der Waals surface area contributed by atoms with Crippen molar-refractivity contribution in [2.45, 2.75) is 32.2 Å². The molecule has 3 nitrogen and oxygen atoms in total. The summed E-state index contributed by atoms with van der Waals surface area (Å²) in [7, 11) is 0. The maximum absolute atomic E-state index is 12.2. The number of aromatic nitrogens is 1. The van der Waals surface area contributed by atoms with Crippen LogP contribution in [-0.2, 0) is 0 Å². The Morgan fingerprint density at radius 3 is 2.31 bits per heavy atom. The fourth-order valence-electron chi connectivity index (χ4n) is 0.979. The highest BCUT2D eigenvalue weighted by Crippen LogP contribution is 2.24. The molecule has 16 heavy (non-hydrogen) atoms. The van der Waals surface area contributed by atoms with E-state index in [1.165, 1.54) is 12.3 Å². The highest BCUT2D eigenvalue weighted by Gasteiger charge is 2.38. The average molecular weight is 234 g/mol. The minimum Gasteiger partial charge on any atom is -0.465 e. The largest absolute Gasteiger partial charge is 0.465 e. The SMILES string of the molecule is CC(N)c1ccc(OC(C)C(F)(F)F)nc1. The zero-order valence-electron chi connectivity index (χ0n) is 8.95. The molecular formula is C10H13F3N2O. The Hall–Kier alpha value is -1.30. The molecule has 2 atom stereocenters. The molecule has 0 bridgehead atoms. The fraction of sp³-hybridized carbons (Fsp3) is 0.500. The van der Waals surface area contributed by atoms with Crippen molar-refractivity contribution in [3.05, 3.63) is 23.9 Å². The van der Waals surface area contributed by atoms with Crippen LogP contribution in [0.4, 0.5) is 13.2 Å². The second kappa shape index (κ2) is 4.69. The first kappa shape index (κ1) is 12.8. The number of halogens is 3. The quantitative estimate of drug-likeness (QED) is 0.873. The van der Waals surface area contributed by atoms with Gasteiger partial charge >= 0.3 is 6.18 Å². The average Bonchev–Trinajstić information content (AvgIpc) is 2.17. The summed E-state index contributed by atoms with van der Waals surface area (Å²) >= 11 is 0. The first-order valence-corrected chi connectivity index (χ1v) is 4.75. The third-order valence-electron chi connectivity index (χ3n) is 2.04. The van der Waals surface area contributed by atoms with E-state index in [0.717, 1.165) is 12.5 Å². The molecule has 0 aromatic carbocycles. The van der Waals surface area contributed by atoms with Crippen LogP contribution >= 0.6 is 0 Å². The Morgan fingerprint density at radius 2 is 1.94 bits per heavy atom. The maximum atomic E-state index is 12.2. The summed E-state index contributed by atoms with van der Waals surface area (Å²) in [5.41, 5.74) is 6.32. The number of pyridine rings is 1. The summed E-state index contributed by atoms with van der Waals surface area (Å²) in [6.07, 6.45) is -4.86. The van der Waals surface area contributed by atoms with E-state index >= 15 is 0 Å². The molecule has 2 N–H and O–H groups in total. The Balaban J connectivity index is 2.69. The maximum Gasteiger partial charge on any atom is 0.425 e. The second-order valence-corrected chi connectivity index (χ2v) is 3.52. The van der Waals surface area contributed by atoms with Crippen molar-refractivity contribution in [1.82, 2.24) is 4.98 Å². The number of hydrogen-bond acceptors (Lipinski definition) is 3. The van der Waals surface area contributed by atoms with Crippen molar-refractivity contribution >= 4 is 0 Å². The van der Waals surface area contributed by atoms with E-state index < -0.39 is 12.3 Å². The molecule has 1 aromatic rings. The van der Waals surface area contributed by atoms with Crippen LogP contribution in [0.25, 0.3) is 0 Å². The van der Waals surface area contributed by atoms with Gasteiger partial charge in [0.1, 0.15) is 0 Å². The Morgan fingerprint density at radius 1 is 1.31 bits per heavy atom. The van der Waals surface area contributed by atoms with Gasteiger partial charge in [0.2, 0.25) is 5.88 Å². The van der Waals surface area contributed by atoms with E-state index in [9.17, 15) is 13.2 Å². The van der Waals surface area contributed by atoms with Crippen LogP contribution in [-0.4, -0.2) is 17.3 Å². The number of rotatable bonds is 3. The van der Waals surface area contributed by atoms with Gasteiger partial charge in [-0.05, 0) is 19.4 Å². The Labute approximate surface area is 91.4 Å². The van der Waals surface area contributed by atoms with Gasteiger partial charge in [0, 0.05) is 18.3 Å². The smallest absolute Gasteiger partial charge is 0.425 e. The molecule has 0 radical (unpaired) electrons.